The maximum absolute atomic E-state index is 12.0. The van der Waals surface area contributed by atoms with E-state index in [9.17, 15) is 4.79 Å². The van der Waals surface area contributed by atoms with Gasteiger partial charge in [-0.05, 0) is 29.7 Å². The fourth-order valence-electron chi connectivity index (χ4n) is 1.81. The summed E-state index contributed by atoms with van der Waals surface area (Å²) in [5, 5.41) is 0.353. The lowest BCUT2D eigenvalue weighted by Crippen LogP contribution is -2.08. The van der Waals surface area contributed by atoms with Crippen molar-refractivity contribution in [2.45, 2.75) is 20.0 Å². The van der Waals surface area contributed by atoms with Crippen LogP contribution in [0, 0.1) is 0 Å². The molecule has 3 nitrogen and oxygen atoms in total. The Bertz CT molecular complexity index is 608. The lowest BCUT2D eigenvalue weighted by Gasteiger charge is -2.08. The molecule has 0 saturated heterocycles. The fraction of sp³-hybridized carbons (Fsp3) is 0.188. The van der Waals surface area contributed by atoms with Crippen LogP contribution in [0.2, 0.25) is 5.02 Å². The van der Waals surface area contributed by atoms with Crippen molar-refractivity contribution in [1.82, 2.24) is 0 Å². The molecule has 2 aromatic carbocycles. The van der Waals surface area contributed by atoms with Gasteiger partial charge in [-0.15, -0.1) is 0 Å². The number of carbonyl (C=O) groups is 1. The number of esters is 1. The van der Waals surface area contributed by atoms with Gasteiger partial charge in [0.25, 0.3) is 0 Å². The molecule has 0 spiro atoms. The van der Waals surface area contributed by atoms with Crippen molar-refractivity contribution in [2.75, 3.05) is 5.73 Å². The predicted octanol–water partition coefficient (Wildman–Crippen LogP) is 3.84. The minimum atomic E-state index is -0.468. The Morgan fingerprint density at radius 3 is 2.45 bits per heavy atom. The number of anilines is 1. The number of para-hydroxylation sites is 1. The summed E-state index contributed by atoms with van der Waals surface area (Å²) >= 11 is 5.88. The molecule has 2 aromatic rings. The van der Waals surface area contributed by atoms with Crippen molar-refractivity contribution >= 4 is 23.3 Å². The van der Waals surface area contributed by atoms with Crippen LogP contribution in [0.25, 0.3) is 0 Å². The third-order valence-electron chi connectivity index (χ3n) is 3.07. The number of nitrogens with two attached hydrogens (primary N) is 1. The van der Waals surface area contributed by atoms with Crippen molar-refractivity contribution in [3.05, 3.63) is 64.2 Å². The fourth-order valence-corrected chi connectivity index (χ4v) is 1.99. The molecular weight excluding hydrogens is 274 g/mol. The predicted molar refractivity (Wildman–Crippen MR) is 80.8 cm³/mol. The van der Waals surface area contributed by atoms with Crippen LogP contribution in [0.1, 0.15) is 28.4 Å². The first-order chi connectivity index (χ1) is 9.61. The van der Waals surface area contributed by atoms with E-state index in [0.29, 0.717) is 10.6 Å². The molecule has 0 aliphatic heterocycles. The van der Waals surface area contributed by atoms with E-state index in [1.807, 2.05) is 24.3 Å². The number of ether oxygens (including phenoxy) is 1. The molecule has 0 heterocycles. The molecule has 4 heteroatoms. The number of hydrogen-bond acceptors (Lipinski definition) is 3. The van der Waals surface area contributed by atoms with Crippen LogP contribution < -0.4 is 5.73 Å². The van der Waals surface area contributed by atoms with E-state index < -0.39 is 5.97 Å². The molecule has 0 aliphatic carbocycles. The second-order valence-electron chi connectivity index (χ2n) is 4.45. The Hall–Kier alpha value is -2.00. The third-order valence-corrected chi connectivity index (χ3v) is 3.40. The molecular formula is C16H16ClNO2. The number of rotatable bonds is 4. The third kappa shape index (κ3) is 3.31. The van der Waals surface area contributed by atoms with E-state index in [4.69, 9.17) is 22.1 Å². The average Bonchev–Trinajstić information content (AvgIpc) is 2.48. The van der Waals surface area contributed by atoms with Crippen LogP contribution >= 0.6 is 11.6 Å². The summed E-state index contributed by atoms with van der Waals surface area (Å²) in [6.07, 6.45) is 0.985. The number of halogens is 1. The van der Waals surface area contributed by atoms with Crippen LogP contribution in [0.15, 0.2) is 42.5 Å². The van der Waals surface area contributed by atoms with E-state index in [-0.39, 0.29) is 12.3 Å². The molecule has 0 aromatic heterocycles. The summed E-state index contributed by atoms with van der Waals surface area (Å²) in [6, 6.07) is 12.9. The van der Waals surface area contributed by atoms with Gasteiger partial charge in [0.15, 0.2) is 0 Å². The molecule has 0 amide bonds. The zero-order valence-corrected chi connectivity index (χ0v) is 12.0. The molecule has 0 radical (unpaired) electrons. The van der Waals surface area contributed by atoms with Gasteiger partial charge in [-0.1, -0.05) is 48.9 Å². The second kappa shape index (κ2) is 6.44. The topological polar surface area (TPSA) is 52.3 Å². The lowest BCUT2D eigenvalue weighted by atomic mass is 10.1. The van der Waals surface area contributed by atoms with E-state index in [1.165, 1.54) is 5.56 Å². The highest BCUT2D eigenvalue weighted by Gasteiger charge is 2.13. The molecule has 0 saturated carbocycles. The van der Waals surface area contributed by atoms with Crippen LogP contribution in [0.4, 0.5) is 5.69 Å². The van der Waals surface area contributed by atoms with Gasteiger partial charge in [0, 0.05) is 0 Å². The summed E-state index contributed by atoms with van der Waals surface area (Å²) in [4.78, 5) is 12.0. The number of benzene rings is 2. The van der Waals surface area contributed by atoms with Crippen molar-refractivity contribution in [1.29, 1.82) is 0 Å². The summed E-state index contributed by atoms with van der Waals surface area (Å²) in [5.74, 6) is -0.468. The highest BCUT2D eigenvalue weighted by Crippen LogP contribution is 2.23. The van der Waals surface area contributed by atoms with E-state index in [0.717, 1.165) is 12.0 Å². The van der Waals surface area contributed by atoms with Crippen LogP contribution in [-0.4, -0.2) is 5.97 Å². The smallest absolute Gasteiger partial charge is 0.340 e. The van der Waals surface area contributed by atoms with Gasteiger partial charge in [-0.2, -0.15) is 0 Å². The zero-order valence-electron chi connectivity index (χ0n) is 11.2. The molecule has 0 unspecified atom stereocenters. The van der Waals surface area contributed by atoms with Gasteiger partial charge >= 0.3 is 5.97 Å². The Morgan fingerprint density at radius 1 is 1.15 bits per heavy atom. The van der Waals surface area contributed by atoms with Crippen LogP contribution in [0.3, 0.4) is 0 Å². The Kier molecular flexibility index (Phi) is 4.64. The van der Waals surface area contributed by atoms with Gasteiger partial charge in [-0.3, -0.25) is 0 Å². The van der Waals surface area contributed by atoms with E-state index in [1.54, 1.807) is 18.2 Å². The Labute approximate surface area is 123 Å². The zero-order chi connectivity index (χ0) is 14.5. The SMILES string of the molecule is CCc1ccc(COC(=O)c2cccc(Cl)c2N)cc1. The number of nitrogen functional groups attached to an aromatic ring is 1. The summed E-state index contributed by atoms with van der Waals surface area (Å²) < 4.78 is 5.25. The van der Waals surface area contributed by atoms with Crippen molar-refractivity contribution in [3.63, 3.8) is 0 Å². The molecule has 104 valence electrons. The van der Waals surface area contributed by atoms with Gasteiger partial charge < -0.3 is 10.5 Å². The van der Waals surface area contributed by atoms with Gasteiger partial charge in [0.2, 0.25) is 0 Å². The number of hydrogen-bond donors (Lipinski definition) is 1. The maximum atomic E-state index is 12.0. The Morgan fingerprint density at radius 2 is 1.80 bits per heavy atom. The summed E-state index contributed by atoms with van der Waals surface area (Å²) in [7, 11) is 0. The number of aryl methyl sites for hydroxylation is 1. The minimum Gasteiger partial charge on any atom is -0.457 e. The van der Waals surface area contributed by atoms with Gasteiger partial charge in [0.05, 0.1) is 16.3 Å². The van der Waals surface area contributed by atoms with Gasteiger partial charge in [-0.25, -0.2) is 4.79 Å². The normalized spacial score (nSPS) is 10.3. The summed E-state index contributed by atoms with van der Waals surface area (Å²) in [6.45, 7) is 2.31. The first-order valence-corrected chi connectivity index (χ1v) is 6.78. The van der Waals surface area contributed by atoms with E-state index >= 15 is 0 Å². The molecule has 2 N–H and O–H groups in total. The lowest BCUT2D eigenvalue weighted by molar-refractivity contribution is 0.0474. The first-order valence-electron chi connectivity index (χ1n) is 6.40. The highest BCUT2D eigenvalue weighted by atomic mass is 35.5. The van der Waals surface area contributed by atoms with Crippen molar-refractivity contribution in [3.8, 4) is 0 Å². The maximum Gasteiger partial charge on any atom is 0.340 e. The highest BCUT2D eigenvalue weighted by molar-refractivity contribution is 6.33. The van der Waals surface area contributed by atoms with Crippen LogP contribution in [0.5, 0.6) is 0 Å². The quantitative estimate of drug-likeness (QED) is 0.687. The first kappa shape index (κ1) is 14.4. The van der Waals surface area contributed by atoms with Gasteiger partial charge in [0.1, 0.15) is 6.61 Å². The monoisotopic (exact) mass is 289 g/mol. The molecule has 20 heavy (non-hydrogen) atoms. The standard InChI is InChI=1S/C16H16ClNO2/c1-2-11-6-8-12(9-7-11)10-20-16(19)13-4-3-5-14(17)15(13)18/h3-9H,2,10,18H2,1H3. The number of carbonyl (C=O) groups excluding carboxylic acids is 1. The molecule has 0 fully saturated rings. The Balaban J connectivity index is 2.02. The molecule has 0 aliphatic rings. The van der Waals surface area contributed by atoms with E-state index in [2.05, 4.69) is 6.92 Å². The molecule has 2 rings (SSSR count). The minimum absolute atomic E-state index is 0.217. The summed E-state index contributed by atoms with van der Waals surface area (Å²) in [5.41, 5.74) is 8.49. The average molecular weight is 290 g/mol. The largest absolute Gasteiger partial charge is 0.457 e. The molecule has 0 atom stereocenters. The van der Waals surface area contributed by atoms with Crippen molar-refractivity contribution < 1.29 is 9.53 Å². The molecule has 0 bridgehead atoms. The van der Waals surface area contributed by atoms with Crippen molar-refractivity contribution in [2.24, 2.45) is 0 Å². The second-order valence-corrected chi connectivity index (χ2v) is 4.85. The van der Waals surface area contributed by atoms with Crippen LogP contribution in [-0.2, 0) is 17.8 Å².